The van der Waals surface area contributed by atoms with Crippen LogP contribution in [0, 0.1) is 0 Å². The van der Waals surface area contributed by atoms with Gasteiger partial charge >= 0.3 is 0 Å². The van der Waals surface area contributed by atoms with Crippen LogP contribution in [0.3, 0.4) is 0 Å². The van der Waals surface area contributed by atoms with Crippen LogP contribution >= 0.6 is 15.9 Å². The quantitative estimate of drug-likeness (QED) is 0.754. The standard InChI is InChI=1S/C11H12BrNO/c1-2-11(14)13-7-6-8-9(12)4-3-5-10(8)13/h3-5H,2,6-7H2,1H3. The summed E-state index contributed by atoms with van der Waals surface area (Å²) in [5.41, 5.74) is 2.33. The molecule has 1 heterocycles. The minimum Gasteiger partial charge on any atom is -0.312 e. The molecule has 1 aliphatic heterocycles. The average molecular weight is 254 g/mol. The molecule has 0 N–H and O–H groups in total. The van der Waals surface area contributed by atoms with Gasteiger partial charge in [0.05, 0.1) is 0 Å². The summed E-state index contributed by atoms with van der Waals surface area (Å²) in [5, 5.41) is 0. The number of carbonyl (C=O) groups excluding carboxylic acids is 1. The van der Waals surface area contributed by atoms with E-state index < -0.39 is 0 Å². The van der Waals surface area contributed by atoms with E-state index in [0.29, 0.717) is 6.42 Å². The highest BCUT2D eigenvalue weighted by Crippen LogP contribution is 2.33. The number of hydrogen-bond acceptors (Lipinski definition) is 1. The summed E-state index contributed by atoms with van der Waals surface area (Å²) < 4.78 is 1.11. The van der Waals surface area contributed by atoms with Crippen molar-refractivity contribution in [1.82, 2.24) is 0 Å². The first-order valence-electron chi connectivity index (χ1n) is 4.81. The zero-order valence-corrected chi connectivity index (χ0v) is 9.67. The summed E-state index contributed by atoms with van der Waals surface area (Å²) >= 11 is 3.51. The monoisotopic (exact) mass is 253 g/mol. The molecule has 1 aliphatic rings. The van der Waals surface area contributed by atoms with Crippen molar-refractivity contribution in [3.8, 4) is 0 Å². The SMILES string of the molecule is CCC(=O)N1CCc2c(Br)cccc21. The topological polar surface area (TPSA) is 20.3 Å². The van der Waals surface area contributed by atoms with Gasteiger partial charge in [-0.05, 0) is 24.1 Å². The molecule has 0 bridgehead atoms. The molecule has 0 saturated carbocycles. The van der Waals surface area contributed by atoms with Crippen LogP contribution in [-0.4, -0.2) is 12.5 Å². The molecule has 1 aromatic carbocycles. The van der Waals surface area contributed by atoms with Crippen LogP contribution < -0.4 is 4.90 Å². The van der Waals surface area contributed by atoms with Crippen molar-refractivity contribution in [3.05, 3.63) is 28.2 Å². The van der Waals surface area contributed by atoms with E-state index in [-0.39, 0.29) is 5.91 Å². The van der Waals surface area contributed by atoms with E-state index in [0.717, 1.165) is 23.1 Å². The second-order valence-electron chi connectivity index (χ2n) is 3.39. The Morgan fingerprint density at radius 3 is 3.07 bits per heavy atom. The highest BCUT2D eigenvalue weighted by Gasteiger charge is 2.24. The van der Waals surface area contributed by atoms with Crippen LogP contribution in [-0.2, 0) is 11.2 Å². The number of nitrogens with zero attached hydrogens (tertiary/aromatic N) is 1. The summed E-state index contributed by atoms with van der Waals surface area (Å²) in [6.45, 7) is 2.73. The van der Waals surface area contributed by atoms with Gasteiger partial charge in [0, 0.05) is 23.1 Å². The number of halogens is 1. The van der Waals surface area contributed by atoms with Crippen molar-refractivity contribution < 1.29 is 4.79 Å². The van der Waals surface area contributed by atoms with Gasteiger partial charge < -0.3 is 4.90 Å². The van der Waals surface area contributed by atoms with Crippen LogP contribution in [0.15, 0.2) is 22.7 Å². The maximum Gasteiger partial charge on any atom is 0.226 e. The first-order valence-corrected chi connectivity index (χ1v) is 5.61. The summed E-state index contributed by atoms with van der Waals surface area (Å²) in [5.74, 6) is 0.210. The van der Waals surface area contributed by atoms with Gasteiger partial charge in [0.15, 0.2) is 0 Å². The molecule has 2 nitrogen and oxygen atoms in total. The molecule has 0 spiro atoms. The molecular formula is C11H12BrNO. The third kappa shape index (κ3) is 1.46. The van der Waals surface area contributed by atoms with Gasteiger partial charge in [-0.15, -0.1) is 0 Å². The molecule has 0 saturated heterocycles. The lowest BCUT2D eigenvalue weighted by atomic mass is 10.2. The molecule has 0 atom stereocenters. The van der Waals surface area contributed by atoms with Gasteiger partial charge in [-0.25, -0.2) is 0 Å². The fourth-order valence-electron chi connectivity index (χ4n) is 1.84. The van der Waals surface area contributed by atoms with E-state index in [1.165, 1.54) is 5.56 Å². The lowest BCUT2D eigenvalue weighted by molar-refractivity contribution is -0.118. The first-order chi connectivity index (χ1) is 6.74. The Morgan fingerprint density at radius 2 is 2.36 bits per heavy atom. The molecule has 0 fully saturated rings. The zero-order valence-electron chi connectivity index (χ0n) is 8.09. The van der Waals surface area contributed by atoms with Crippen molar-refractivity contribution in [2.75, 3.05) is 11.4 Å². The molecule has 2 rings (SSSR count). The third-order valence-electron chi connectivity index (χ3n) is 2.57. The average Bonchev–Trinajstić information content (AvgIpc) is 2.62. The molecule has 1 aromatic rings. The summed E-state index contributed by atoms with van der Waals surface area (Å²) in [4.78, 5) is 13.5. The molecular weight excluding hydrogens is 242 g/mol. The summed E-state index contributed by atoms with van der Waals surface area (Å²) in [6.07, 6.45) is 1.54. The predicted molar refractivity (Wildman–Crippen MR) is 60.5 cm³/mol. The second-order valence-corrected chi connectivity index (χ2v) is 4.24. The molecule has 3 heteroatoms. The Bertz CT molecular complexity index is 376. The fourth-order valence-corrected chi connectivity index (χ4v) is 2.40. The first kappa shape index (κ1) is 9.71. The Kier molecular flexibility index (Phi) is 2.59. The second kappa shape index (κ2) is 3.73. The van der Waals surface area contributed by atoms with E-state index in [1.54, 1.807) is 0 Å². The fraction of sp³-hybridized carbons (Fsp3) is 0.364. The van der Waals surface area contributed by atoms with E-state index in [4.69, 9.17) is 0 Å². The summed E-state index contributed by atoms with van der Waals surface area (Å²) in [6, 6.07) is 6.02. The van der Waals surface area contributed by atoms with E-state index in [9.17, 15) is 4.79 Å². The van der Waals surface area contributed by atoms with Crippen molar-refractivity contribution in [2.24, 2.45) is 0 Å². The predicted octanol–water partition coefficient (Wildman–Crippen LogP) is 2.75. The minimum absolute atomic E-state index is 0.210. The maximum atomic E-state index is 11.6. The molecule has 0 aromatic heterocycles. The van der Waals surface area contributed by atoms with Crippen LogP contribution in [0.5, 0.6) is 0 Å². The number of carbonyl (C=O) groups is 1. The lowest BCUT2D eigenvalue weighted by Gasteiger charge is -2.16. The molecule has 0 radical (unpaired) electrons. The van der Waals surface area contributed by atoms with Crippen LogP contribution in [0.25, 0.3) is 0 Å². The number of fused-ring (bicyclic) bond motifs is 1. The van der Waals surface area contributed by atoms with E-state index >= 15 is 0 Å². The number of hydrogen-bond donors (Lipinski definition) is 0. The number of benzene rings is 1. The van der Waals surface area contributed by atoms with Crippen molar-refractivity contribution in [2.45, 2.75) is 19.8 Å². The largest absolute Gasteiger partial charge is 0.312 e. The van der Waals surface area contributed by atoms with Crippen molar-refractivity contribution in [1.29, 1.82) is 0 Å². The van der Waals surface area contributed by atoms with Gasteiger partial charge in [0.1, 0.15) is 0 Å². The van der Waals surface area contributed by atoms with Gasteiger partial charge in [-0.1, -0.05) is 28.9 Å². The number of rotatable bonds is 1. The van der Waals surface area contributed by atoms with Crippen molar-refractivity contribution in [3.63, 3.8) is 0 Å². The van der Waals surface area contributed by atoms with Gasteiger partial charge in [0.2, 0.25) is 5.91 Å². The molecule has 1 amide bonds. The van der Waals surface area contributed by atoms with Gasteiger partial charge in [0.25, 0.3) is 0 Å². The van der Waals surface area contributed by atoms with Crippen molar-refractivity contribution >= 4 is 27.5 Å². The Hall–Kier alpha value is -0.830. The Morgan fingerprint density at radius 1 is 1.57 bits per heavy atom. The maximum absolute atomic E-state index is 11.6. The third-order valence-corrected chi connectivity index (χ3v) is 3.32. The Labute approximate surface area is 92.0 Å². The number of anilines is 1. The smallest absolute Gasteiger partial charge is 0.226 e. The highest BCUT2D eigenvalue weighted by molar-refractivity contribution is 9.10. The molecule has 0 aliphatic carbocycles. The number of amides is 1. The highest BCUT2D eigenvalue weighted by atomic mass is 79.9. The van der Waals surface area contributed by atoms with Crippen LogP contribution in [0.2, 0.25) is 0 Å². The van der Waals surface area contributed by atoms with Gasteiger partial charge in [-0.3, -0.25) is 4.79 Å². The molecule has 74 valence electrons. The molecule has 14 heavy (non-hydrogen) atoms. The van der Waals surface area contributed by atoms with Crippen LogP contribution in [0.1, 0.15) is 18.9 Å². The van der Waals surface area contributed by atoms with E-state index in [1.807, 2.05) is 30.0 Å². The van der Waals surface area contributed by atoms with E-state index in [2.05, 4.69) is 15.9 Å². The Balaban J connectivity index is 2.40. The molecule has 0 unspecified atom stereocenters. The minimum atomic E-state index is 0.210. The summed E-state index contributed by atoms with van der Waals surface area (Å²) in [7, 11) is 0. The van der Waals surface area contributed by atoms with Gasteiger partial charge in [-0.2, -0.15) is 0 Å². The zero-order chi connectivity index (χ0) is 10.1. The normalized spacial score (nSPS) is 14.3. The lowest BCUT2D eigenvalue weighted by Crippen LogP contribution is -2.27. The van der Waals surface area contributed by atoms with Crippen LogP contribution in [0.4, 0.5) is 5.69 Å².